The molecule has 0 amide bonds. The Kier molecular flexibility index (Phi) is 4.75. The number of aromatic hydroxyl groups is 2. The molecule has 2 aromatic rings. The van der Waals surface area contributed by atoms with E-state index in [0.717, 1.165) is 5.69 Å². The average molecular weight is 325 g/mol. The second-order valence-corrected chi connectivity index (χ2v) is 8.27. The van der Waals surface area contributed by atoms with E-state index in [1.165, 1.54) is 29.3 Å². The summed E-state index contributed by atoms with van der Waals surface area (Å²) in [5.41, 5.74) is 3.84. The van der Waals surface area contributed by atoms with Gasteiger partial charge in [0.15, 0.2) is 0 Å². The Balaban J connectivity index is 2.49. The molecule has 0 aliphatic rings. The van der Waals surface area contributed by atoms with Gasteiger partial charge in [-0.3, -0.25) is 4.99 Å². The van der Waals surface area contributed by atoms with Gasteiger partial charge in [0, 0.05) is 11.8 Å². The van der Waals surface area contributed by atoms with E-state index in [1.807, 2.05) is 0 Å². The minimum absolute atomic E-state index is 0.0265. The van der Waals surface area contributed by atoms with Gasteiger partial charge in [-0.2, -0.15) is 0 Å². The summed E-state index contributed by atoms with van der Waals surface area (Å²) in [4.78, 5) is 4.53. The van der Waals surface area contributed by atoms with Crippen LogP contribution in [0.4, 0.5) is 5.69 Å². The van der Waals surface area contributed by atoms with Crippen LogP contribution in [0.15, 0.2) is 41.4 Å². The van der Waals surface area contributed by atoms with Gasteiger partial charge < -0.3 is 10.2 Å². The van der Waals surface area contributed by atoms with Crippen molar-refractivity contribution in [1.82, 2.24) is 0 Å². The average Bonchev–Trinajstić information content (AvgIpc) is 2.46. The molecule has 128 valence electrons. The highest BCUT2D eigenvalue weighted by Crippen LogP contribution is 2.33. The van der Waals surface area contributed by atoms with Crippen molar-refractivity contribution in [3.05, 3.63) is 53.1 Å². The molecule has 0 aliphatic carbocycles. The predicted molar refractivity (Wildman–Crippen MR) is 101 cm³/mol. The van der Waals surface area contributed by atoms with E-state index in [4.69, 9.17) is 0 Å². The SMILES string of the molecule is CC(C)(C)c1cc(N=Cc2cc(O)ccc2O)cc(C(C)(C)C)c1. The van der Waals surface area contributed by atoms with Crippen molar-refractivity contribution in [2.24, 2.45) is 4.99 Å². The summed E-state index contributed by atoms with van der Waals surface area (Å²) >= 11 is 0. The molecular weight excluding hydrogens is 298 g/mol. The number of hydrogen-bond donors (Lipinski definition) is 2. The Morgan fingerprint density at radius 1 is 0.792 bits per heavy atom. The zero-order valence-corrected chi connectivity index (χ0v) is 15.4. The number of hydrogen-bond acceptors (Lipinski definition) is 3. The lowest BCUT2D eigenvalue weighted by Gasteiger charge is -2.25. The van der Waals surface area contributed by atoms with Gasteiger partial charge in [-0.15, -0.1) is 0 Å². The van der Waals surface area contributed by atoms with Crippen molar-refractivity contribution in [3.63, 3.8) is 0 Å². The summed E-state index contributed by atoms with van der Waals surface area (Å²) in [6, 6.07) is 10.8. The molecule has 3 nitrogen and oxygen atoms in total. The van der Waals surface area contributed by atoms with Crippen LogP contribution in [0.5, 0.6) is 11.5 Å². The minimum Gasteiger partial charge on any atom is -0.508 e. The van der Waals surface area contributed by atoms with Crippen LogP contribution in [0, 0.1) is 0 Å². The van der Waals surface area contributed by atoms with Gasteiger partial charge in [0.05, 0.1) is 5.69 Å². The van der Waals surface area contributed by atoms with Crippen LogP contribution < -0.4 is 0 Å². The number of phenolic OH excluding ortho intramolecular Hbond substituents is 2. The first-order valence-corrected chi connectivity index (χ1v) is 8.19. The molecule has 0 fully saturated rings. The van der Waals surface area contributed by atoms with Gasteiger partial charge in [-0.25, -0.2) is 0 Å². The fourth-order valence-corrected chi connectivity index (χ4v) is 2.34. The smallest absolute Gasteiger partial charge is 0.124 e. The first kappa shape index (κ1) is 18.1. The highest BCUT2D eigenvalue weighted by Gasteiger charge is 2.20. The lowest BCUT2D eigenvalue weighted by Crippen LogP contribution is -2.16. The minimum atomic E-state index is 0.0265. The molecule has 0 saturated carbocycles. The topological polar surface area (TPSA) is 52.8 Å². The second-order valence-electron chi connectivity index (χ2n) is 8.27. The van der Waals surface area contributed by atoms with E-state index >= 15 is 0 Å². The van der Waals surface area contributed by atoms with E-state index in [-0.39, 0.29) is 22.3 Å². The van der Waals surface area contributed by atoms with Gasteiger partial charge in [-0.1, -0.05) is 47.6 Å². The molecular formula is C21H27NO2. The third-order valence-electron chi connectivity index (χ3n) is 4.01. The normalized spacial score (nSPS) is 12.8. The van der Waals surface area contributed by atoms with Crippen LogP contribution in [0.3, 0.4) is 0 Å². The molecule has 0 aromatic heterocycles. The van der Waals surface area contributed by atoms with Crippen LogP contribution in [-0.2, 0) is 10.8 Å². The molecule has 2 aromatic carbocycles. The van der Waals surface area contributed by atoms with Crippen molar-refractivity contribution in [2.45, 2.75) is 52.4 Å². The number of nitrogens with zero attached hydrogens (tertiary/aromatic N) is 1. The molecule has 0 spiro atoms. The van der Waals surface area contributed by atoms with Crippen LogP contribution in [0.2, 0.25) is 0 Å². The summed E-state index contributed by atoms with van der Waals surface area (Å²) in [6.07, 6.45) is 1.59. The Morgan fingerprint density at radius 2 is 1.33 bits per heavy atom. The zero-order chi connectivity index (χ0) is 18.1. The van der Waals surface area contributed by atoms with E-state index in [2.05, 4.69) is 64.7 Å². The van der Waals surface area contributed by atoms with Crippen LogP contribution >= 0.6 is 0 Å². The molecule has 2 rings (SSSR count). The van der Waals surface area contributed by atoms with Gasteiger partial charge >= 0.3 is 0 Å². The van der Waals surface area contributed by atoms with E-state index in [1.54, 1.807) is 6.21 Å². The quantitative estimate of drug-likeness (QED) is 0.570. The summed E-state index contributed by atoms with van der Waals surface area (Å²) in [5.74, 6) is 0.202. The monoisotopic (exact) mass is 325 g/mol. The highest BCUT2D eigenvalue weighted by atomic mass is 16.3. The highest BCUT2D eigenvalue weighted by molar-refractivity contribution is 5.86. The summed E-state index contributed by atoms with van der Waals surface area (Å²) < 4.78 is 0. The largest absolute Gasteiger partial charge is 0.508 e. The molecule has 0 bridgehead atoms. The number of phenols is 2. The van der Waals surface area contributed by atoms with E-state index in [9.17, 15) is 10.2 Å². The van der Waals surface area contributed by atoms with Gasteiger partial charge in [0.25, 0.3) is 0 Å². The van der Waals surface area contributed by atoms with Gasteiger partial charge in [-0.05, 0) is 52.3 Å². The predicted octanol–water partition coefficient (Wildman–Crippen LogP) is 5.44. The Labute approximate surface area is 144 Å². The standard InChI is InChI=1S/C21H27NO2/c1-20(2,3)15-10-16(21(4,5)6)12-17(11-15)22-13-14-9-18(23)7-8-19(14)24/h7-13,23-24H,1-6H3. The van der Waals surface area contributed by atoms with Gasteiger partial charge in [0.2, 0.25) is 0 Å². The number of rotatable bonds is 2. The molecule has 0 unspecified atom stereocenters. The Bertz CT molecular complexity index is 730. The summed E-state index contributed by atoms with van der Waals surface area (Å²) in [6.45, 7) is 13.1. The maximum Gasteiger partial charge on any atom is 0.124 e. The van der Waals surface area contributed by atoms with Crippen LogP contribution in [-0.4, -0.2) is 16.4 Å². The molecule has 24 heavy (non-hydrogen) atoms. The lowest BCUT2D eigenvalue weighted by molar-refractivity contribution is 0.459. The zero-order valence-electron chi connectivity index (χ0n) is 15.4. The fraction of sp³-hybridized carbons (Fsp3) is 0.381. The molecule has 0 aliphatic heterocycles. The fourth-order valence-electron chi connectivity index (χ4n) is 2.34. The molecule has 3 heteroatoms. The van der Waals surface area contributed by atoms with Gasteiger partial charge in [0.1, 0.15) is 11.5 Å². The summed E-state index contributed by atoms with van der Waals surface area (Å²) in [7, 11) is 0. The Morgan fingerprint density at radius 3 is 1.83 bits per heavy atom. The number of benzene rings is 2. The van der Waals surface area contributed by atoms with Crippen LogP contribution in [0.1, 0.15) is 58.2 Å². The lowest BCUT2D eigenvalue weighted by atomic mass is 9.80. The Hall–Kier alpha value is -2.29. The molecule has 0 saturated heterocycles. The third-order valence-corrected chi connectivity index (χ3v) is 4.01. The van der Waals surface area contributed by atoms with E-state index in [0.29, 0.717) is 5.56 Å². The molecule has 2 N–H and O–H groups in total. The van der Waals surface area contributed by atoms with Crippen molar-refractivity contribution in [1.29, 1.82) is 0 Å². The van der Waals surface area contributed by atoms with Crippen molar-refractivity contribution >= 4 is 11.9 Å². The first-order chi connectivity index (χ1) is 11.0. The van der Waals surface area contributed by atoms with Crippen LogP contribution in [0.25, 0.3) is 0 Å². The maximum absolute atomic E-state index is 9.88. The van der Waals surface area contributed by atoms with Crippen molar-refractivity contribution in [3.8, 4) is 11.5 Å². The van der Waals surface area contributed by atoms with Crippen molar-refractivity contribution < 1.29 is 10.2 Å². The van der Waals surface area contributed by atoms with Crippen molar-refractivity contribution in [2.75, 3.05) is 0 Å². The molecule has 0 radical (unpaired) electrons. The van der Waals surface area contributed by atoms with E-state index < -0.39 is 0 Å². The second kappa shape index (κ2) is 6.31. The molecule has 0 heterocycles. The summed E-state index contributed by atoms with van der Waals surface area (Å²) in [5, 5.41) is 19.4. The number of aliphatic imine (C=N–C) groups is 1. The first-order valence-electron chi connectivity index (χ1n) is 8.19. The third kappa shape index (κ3) is 4.38. The molecule has 0 atom stereocenters. The maximum atomic E-state index is 9.88.